The highest BCUT2D eigenvalue weighted by molar-refractivity contribution is 9.09. The largest absolute Gasteiger partial charge is 0.377 e. The number of benzene rings is 1. The molecular formula is C28H31BrO2S. The van der Waals surface area contributed by atoms with Crippen LogP contribution in [0.15, 0.2) is 52.0 Å². The summed E-state index contributed by atoms with van der Waals surface area (Å²) in [5.41, 5.74) is 4.50. The van der Waals surface area contributed by atoms with Gasteiger partial charge in [0.05, 0.1) is 5.33 Å². The first-order valence-corrected chi connectivity index (χ1v) is 14.1. The fourth-order valence-corrected chi connectivity index (χ4v) is 7.73. The van der Waals surface area contributed by atoms with E-state index in [2.05, 4.69) is 65.2 Å². The van der Waals surface area contributed by atoms with Gasteiger partial charge in [-0.05, 0) is 91.5 Å². The smallest absolute Gasteiger partial charge is 0.156 e. The van der Waals surface area contributed by atoms with E-state index in [0.29, 0.717) is 23.6 Å². The average molecular weight is 512 g/mol. The van der Waals surface area contributed by atoms with Gasteiger partial charge in [-0.3, -0.25) is 4.79 Å². The number of hydrogen-bond acceptors (Lipinski definition) is 3. The van der Waals surface area contributed by atoms with E-state index in [1.165, 1.54) is 21.6 Å². The predicted octanol–water partition coefficient (Wildman–Crippen LogP) is 6.44. The van der Waals surface area contributed by atoms with E-state index in [1.54, 1.807) is 17.3 Å². The second-order valence-corrected chi connectivity index (χ2v) is 11.5. The Balaban J connectivity index is 1.66. The van der Waals surface area contributed by atoms with Crippen molar-refractivity contribution in [1.82, 2.24) is 0 Å². The lowest BCUT2D eigenvalue weighted by molar-refractivity contribution is -0.114. The van der Waals surface area contributed by atoms with Gasteiger partial charge in [0, 0.05) is 22.6 Å². The molecular weight excluding hydrogens is 480 g/mol. The molecule has 4 aliphatic rings. The Kier molecular flexibility index (Phi) is 5.98. The summed E-state index contributed by atoms with van der Waals surface area (Å²) < 4.78 is 0. The molecule has 0 aromatic heterocycles. The second-order valence-electron chi connectivity index (χ2n) is 10.1. The summed E-state index contributed by atoms with van der Waals surface area (Å²) in [5, 5.41) is 12.4. The first kappa shape index (κ1) is 22.5. The van der Waals surface area contributed by atoms with Crippen LogP contribution in [0.1, 0.15) is 63.4 Å². The number of rotatable bonds is 2. The molecule has 0 saturated heterocycles. The van der Waals surface area contributed by atoms with Crippen molar-refractivity contribution in [3.63, 3.8) is 0 Å². The SMILES string of the molecule is CSc1ccc([C@H]2C[C@@]3(C)[C@@H](CC[C@@]3(O)C#CCBr)[C@@H]3CCC4=CC(=O)CCC4=C32)cc1. The van der Waals surface area contributed by atoms with Crippen LogP contribution in [0.5, 0.6) is 0 Å². The third-order valence-electron chi connectivity index (χ3n) is 8.77. The molecule has 4 heteroatoms. The molecule has 5 rings (SSSR count). The van der Waals surface area contributed by atoms with Gasteiger partial charge in [-0.2, -0.15) is 0 Å². The zero-order valence-electron chi connectivity index (χ0n) is 18.9. The highest BCUT2D eigenvalue weighted by Gasteiger charge is 2.62. The van der Waals surface area contributed by atoms with Gasteiger partial charge in [0.2, 0.25) is 0 Å². The lowest BCUT2D eigenvalue weighted by Gasteiger charge is -2.53. The molecule has 0 aliphatic heterocycles. The summed E-state index contributed by atoms with van der Waals surface area (Å²) in [7, 11) is 0. The Hall–Kier alpha value is -1.28. The molecule has 0 unspecified atom stereocenters. The topological polar surface area (TPSA) is 37.3 Å². The van der Waals surface area contributed by atoms with Crippen LogP contribution < -0.4 is 0 Å². The van der Waals surface area contributed by atoms with Crippen LogP contribution in [0.3, 0.4) is 0 Å². The molecule has 1 N–H and O–H groups in total. The fraction of sp³-hybridized carbons (Fsp3) is 0.536. The van der Waals surface area contributed by atoms with E-state index in [0.717, 1.165) is 38.5 Å². The van der Waals surface area contributed by atoms with Gasteiger partial charge >= 0.3 is 0 Å². The molecule has 2 saturated carbocycles. The Morgan fingerprint density at radius 3 is 2.69 bits per heavy atom. The number of allylic oxidation sites excluding steroid dienone is 4. The molecule has 1 aromatic rings. The van der Waals surface area contributed by atoms with Crippen molar-refractivity contribution in [2.24, 2.45) is 17.3 Å². The van der Waals surface area contributed by atoms with Gasteiger partial charge < -0.3 is 5.11 Å². The Morgan fingerprint density at radius 2 is 1.97 bits per heavy atom. The first-order chi connectivity index (χ1) is 15.4. The van der Waals surface area contributed by atoms with Crippen molar-refractivity contribution >= 4 is 33.5 Å². The van der Waals surface area contributed by atoms with Crippen LogP contribution in [-0.2, 0) is 4.79 Å². The van der Waals surface area contributed by atoms with Gasteiger partial charge in [-0.1, -0.05) is 52.4 Å². The van der Waals surface area contributed by atoms with Crippen molar-refractivity contribution in [3.05, 3.63) is 52.6 Å². The number of hydrogen-bond donors (Lipinski definition) is 1. The minimum atomic E-state index is -0.933. The third-order valence-corrected chi connectivity index (χ3v) is 9.79. The lowest BCUT2D eigenvalue weighted by atomic mass is 9.51. The molecule has 5 atom stereocenters. The van der Waals surface area contributed by atoms with Crippen LogP contribution in [0.2, 0.25) is 0 Å². The molecule has 0 radical (unpaired) electrons. The molecule has 0 spiro atoms. The summed E-state index contributed by atoms with van der Waals surface area (Å²) in [6.07, 6.45) is 10.3. The van der Waals surface area contributed by atoms with Crippen LogP contribution in [0, 0.1) is 29.1 Å². The molecule has 0 heterocycles. The van der Waals surface area contributed by atoms with Gasteiger partial charge in [-0.25, -0.2) is 0 Å². The molecule has 0 bridgehead atoms. The number of fused-ring (bicyclic) bond motifs is 4. The number of thioether (sulfide) groups is 1. The van der Waals surface area contributed by atoms with E-state index in [4.69, 9.17) is 0 Å². The van der Waals surface area contributed by atoms with Gasteiger partial charge in [-0.15, -0.1) is 11.8 Å². The minimum absolute atomic E-state index is 0.231. The van der Waals surface area contributed by atoms with Crippen molar-refractivity contribution in [2.75, 3.05) is 11.6 Å². The third kappa shape index (κ3) is 3.47. The van der Waals surface area contributed by atoms with Gasteiger partial charge in [0.1, 0.15) is 5.60 Å². The van der Waals surface area contributed by atoms with E-state index in [1.807, 2.05) is 6.08 Å². The number of alkyl halides is 1. The standard InChI is InChI=1S/C28H31BrO2S/c1-27-17-24(18-4-8-21(32-2)9-5-18)26-22-11-7-20(30)16-19(22)6-10-23(26)25(27)12-14-28(27,31)13-3-15-29/h4-5,8-9,16,23-25,31H,6-7,10-12,14-15,17H2,1-2H3/t23-,24+,25-,27-,28-/m0/s1. The van der Waals surface area contributed by atoms with Gasteiger partial charge in [0.25, 0.3) is 0 Å². The summed E-state index contributed by atoms with van der Waals surface area (Å²) in [6, 6.07) is 9.03. The second kappa shape index (κ2) is 8.49. The number of ketones is 1. The molecule has 32 heavy (non-hydrogen) atoms. The quantitative estimate of drug-likeness (QED) is 0.282. The maximum absolute atomic E-state index is 12.2. The number of carbonyl (C=O) groups excluding carboxylic acids is 1. The Morgan fingerprint density at radius 1 is 1.19 bits per heavy atom. The lowest BCUT2D eigenvalue weighted by Crippen LogP contribution is -2.51. The normalized spacial score (nSPS) is 35.9. The maximum Gasteiger partial charge on any atom is 0.156 e. The van der Waals surface area contributed by atoms with Crippen molar-refractivity contribution in [1.29, 1.82) is 0 Å². The van der Waals surface area contributed by atoms with Crippen LogP contribution >= 0.6 is 27.7 Å². The van der Waals surface area contributed by atoms with E-state index in [9.17, 15) is 9.90 Å². The Bertz CT molecular complexity index is 1060. The number of halogens is 1. The maximum atomic E-state index is 12.2. The zero-order chi connectivity index (χ0) is 22.5. The summed E-state index contributed by atoms with van der Waals surface area (Å²) in [6.45, 7) is 2.30. The van der Waals surface area contributed by atoms with E-state index < -0.39 is 5.60 Å². The number of carbonyl (C=O) groups is 1. The highest BCUT2D eigenvalue weighted by atomic mass is 79.9. The van der Waals surface area contributed by atoms with Crippen molar-refractivity contribution in [2.45, 2.75) is 68.3 Å². The average Bonchev–Trinajstić information content (AvgIpc) is 3.07. The molecule has 1 aromatic carbocycles. The van der Waals surface area contributed by atoms with Gasteiger partial charge in [0.15, 0.2) is 5.78 Å². The fourth-order valence-electron chi connectivity index (χ4n) is 7.19. The van der Waals surface area contributed by atoms with Crippen molar-refractivity contribution < 1.29 is 9.90 Å². The zero-order valence-corrected chi connectivity index (χ0v) is 21.3. The molecule has 4 aliphatic carbocycles. The van der Waals surface area contributed by atoms with E-state index >= 15 is 0 Å². The monoisotopic (exact) mass is 510 g/mol. The van der Waals surface area contributed by atoms with Crippen LogP contribution in [-0.4, -0.2) is 28.1 Å². The Labute approximate surface area is 204 Å². The molecule has 2 nitrogen and oxygen atoms in total. The van der Waals surface area contributed by atoms with Crippen LogP contribution in [0.4, 0.5) is 0 Å². The molecule has 0 amide bonds. The van der Waals surface area contributed by atoms with Crippen molar-refractivity contribution in [3.8, 4) is 11.8 Å². The summed E-state index contributed by atoms with van der Waals surface area (Å²) >= 11 is 5.19. The van der Waals surface area contributed by atoms with Crippen LogP contribution in [0.25, 0.3) is 0 Å². The van der Waals surface area contributed by atoms with E-state index in [-0.39, 0.29) is 17.1 Å². The first-order valence-electron chi connectivity index (χ1n) is 11.8. The minimum Gasteiger partial charge on any atom is -0.377 e. The predicted molar refractivity (Wildman–Crippen MR) is 135 cm³/mol. The molecule has 2 fully saturated rings. The summed E-state index contributed by atoms with van der Waals surface area (Å²) in [5.74, 6) is 7.89. The summed E-state index contributed by atoms with van der Waals surface area (Å²) in [4.78, 5) is 13.4. The molecule has 168 valence electrons. The highest BCUT2D eigenvalue weighted by Crippen LogP contribution is 2.66. The number of aliphatic hydroxyl groups is 1.